The molecule has 0 saturated carbocycles. The number of aryl methyl sites for hydroxylation is 1. The number of hydrogen-bond acceptors (Lipinski definition) is 6. The third kappa shape index (κ3) is 6.34. The summed E-state index contributed by atoms with van der Waals surface area (Å²) in [6, 6.07) is 14.2. The topological polar surface area (TPSA) is 94.5 Å². The number of hydrogen-bond donors (Lipinski definition) is 2. The molecule has 0 unspecified atom stereocenters. The Morgan fingerprint density at radius 3 is 2.32 bits per heavy atom. The monoisotopic (exact) mass is 420 g/mol. The Kier molecular flexibility index (Phi) is 8.64. The number of benzene rings is 2. The van der Waals surface area contributed by atoms with Gasteiger partial charge in [-0.2, -0.15) is 5.26 Å². The second kappa shape index (κ2) is 11.4. The molecule has 0 aliphatic carbocycles. The summed E-state index contributed by atoms with van der Waals surface area (Å²) in [7, 11) is 0. The van der Waals surface area contributed by atoms with Crippen molar-refractivity contribution in [3.8, 4) is 6.07 Å². The van der Waals surface area contributed by atoms with Gasteiger partial charge in [-0.15, -0.1) is 0 Å². The first-order chi connectivity index (χ1) is 14.9. The largest absolute Gasteiger partial charge is 0.462 e. The highest BCUT2D eigenvalue weighted by atomic mass is 16.5. The predicted molar refractivity (Wildman–Crippen MR) is 123 cm³/mol. The van der Waals surface area contributed by atoms with Gasteiger partial charge in [-0.05, 0) is 75.7 Å². The minimum absolute atomic E-state index is 0.0679. The van der Waals surface area contributed by atoms with Crippen molar-refractivity contribution in [2.24, 2.45) is 0 Å². The highest BCUT2D eigenvalue weighted by molar-refractivity contribution is 6.07. The lowest BCUT2D eigenvalue weighted by molar-refractivity contribution is -0.112. The maximum atomic E-state index is 12.5. The fourth-order valence-corrected chi connectivity index (χ4v) is 3.00. The maximum absolute atomic E-state index is 12.5. The first kappa shape index (κ1) is 23.5. The number of nitrogens with zero attached hydrogens (tertiary/aromatic N) is 2. The Morgan fingerprint density at radius 1 is 1.10 bits per heavy atom. The van der Waals surface area contributed by atoms with Crippen molar-refractivity contribution in [3.63, 3.8) is 0 Å². The van der Waals surface area contributed by atoms with Crippen LogP contribution in [0.4, 0.5) is 17.1 Å². The fraction of sp³-hybridized carbons (Fsp3) is 0.292. The van der Waals surface area contributed by atoms with Crippen LogP contribution in [0.25, 0.3) is 0 Å². The Hall–Kier alpha value is -3.79. The smallest absolute Gasteiger partial charge is 0.338 e. The van der Waals surface area contributed by atoms with Crippen LogP contribution in [-0.4, -0.2) is 31.6 Å². The highest BCUT2D eigenvalue weighted by Crippen LogP contribution is 2.23. The zero-order chi connectivity index (χ0) is 22.8. The Bertz CT molecular complexity index is 987. The number of carbonyl (C=O) groups excluding carboxylic acids is 2. The second-order valence-electron chi connectivity index (χ2n) is 6.74. The SMILES string of the molecule is CCOC(=O)c1ccc(NC(=O)/C(C#N)=C\Nc2ccc(N(CC)CC)cc2C)cc1. The van der Waals surface area contributed by atoms with Gasteiger partial charge in [0, 0.05) is 36.4 Å². The van der Waals surface area contributed by atoms with Gasteiger partial charge >= 0.3 is 5.97 Å². The molecule has 0 atom stereocenters. The van der Waals surface area contributed by atoms with Crippen LogP contribution in [0.5, 0.6) is 0 Å². The van der Waals surface area contributed by atoms with E-state index in [9.17, 15) is 14.9 Å². The number of ether oxygens (including phenoxy) is 1. The average Bonchev–Trinajstić information content (AvgIpc) is 2.77. The van der Waals surface area contributed by atoms with Crippen LogP contribution in [0, 0.1) is 18.3 Å². The molecule has 1 amide bonds. The molecule has 162 valence electrons. The van der Waals surface area contributed by atoms with Crippen LogP contribution in [0.1, 0.15) is 36.7 Å². The summed E-state index contributed by atoms with van der Waals surface area (Å²) in [5.74, 6) is -0.971. The van der Waals surface area contributed by atoms with Crippen molar-refractivity contribution in [1.82, 2.24) is 0 Å². The van der Waals surface area contributed by atoms with Gasteiger partial charge in [-0.3, -0.25) is 4.79 Å². The van der Waals surface area contributed by atoms with Crippen LogP contribution in [-0.2, 0) is 9.53 Å². The molecule has 2 aromatic carbocycles. The summed E-state index contributed by atoms with van der Waals surface area (Å²) >= 11 is 0. The zero-order valence-corrected chi connectivity index (χ0v) is 18.4. The van der Waals surface area contributed by atoms with E-state index in [2.05, 4.69) is 35.4 Å². The molecule has 0 bridgehead atoms. The quantitative estimate of drug-likeness (QED) is 0.353. The minimum Gasteiger partial charge on any atom is -0.462 e. The van der Waals surface area contributed by atoms with E-state index in [0.717, 1.165) is 30.0 Å². The summed E-state index contributed by atoms with van der Waals surface area (Å²) < 4.78 is 4.93. The molecule has 0 aliphatic heterocycles. The normalized spacial score (nSPS) is 10.7. The summed E-state index contributed by atoms with van der Waals surface area (Å²) in [6.45, 7) is 10.0. The first-order valence-electron chi connectivity index (χ1n) is 10.2. The number of carbonyl (C=O) groups is 2. The van der Waals surface area contributed by atoms with Crippen molar-refractivity contribution in [2.45, 2.75) is 27.7 Å². The van der Waals surface area contributed by atoms with Gasteiger partial charge in [0.05, 0.1) is 12.2 Å². The van der Waals surface area contributed by atoms with Crippen LogP contribution < -0.4 is 15.5 Å². The molecule has 0 aliphatic rings. The molecule has 31 heavy (non-hydrogen) atoms. The van der Waals surface area contributed by atoms with E-state index in [4.69, 9.17) is 4.74 Å². The molecule has 0 saturated heterocycles. The molecule has 0 aromatic heterocycles. The van der Waals surface area contributed by atoms with Gasteiger partial charge in [0.15, 0.2) is 0 Å². The molecule has 2 N–H and O–H groups in total. The highest BCUT2D eigenvalue weighted by Gasteiger charge is 2.11. The van der Waals surface area contributed by atoms with E-state index in [-0.39, 0.29) is 12.2 Å². The average molecular weight is 421 g/mol. The molecule has 7 nitrogen and oxygen atoms in total. The van der Waals surface area contributed by atoms with Gasteiger partial charge in [0.25, 0.3) is 5.91 Å². The van der Waals surface area contributed by atoms with Gasteiger partial charge in [0.1, 0.15) is 11.6 Å². The Balaban J connectivity index is 2.07. The van der Waals surface area contributed by atoms with Crippen molar-refractivity contribution in [1.29, 1.82) is 5.26 Å². The lowest BCUT2D eigenvalue weighted by Crippen LogP contribution is -2.21. The molecule has 2 rings (SSSR count). The zero-order valence-electron chi connectivity index (χ0n) is 18.4. The number of nitrogens with one attached hydrogen (secondary N) is 2. The lowest BCUT2D eigenvalue weighted by Gasteiger charge is -2.22. The van der Waals surface area contributed by atoms with E-state index in [1.165, 1.54) is 6.20 Å². The minimum atomic E-state index is -0.545. The maximum Gasteiger partial charge on any atom is 0.338 e. The van der Waals surface area contributed by atoms with E-state index in [0.29, 0.717) is 11.3 Å². The van der Waals surface area contributed by atoms with E-state index >= 15 is 0 Å². The number of amides is 1. The molecule has 2 aromatic rings. The van der Waals surface area contributed by atoms with Crippen LogP contribution in [0.3, 0.4) is 0 Å². The number of rotatable bonds is 9. The molecular formula is C24H28N4O3. The lowest BCUT2D eigenvalue weighted by atomic mass is 10.1. The first-order valence-corrected chi connectivity index (χ1v) is 10.2. The van der Waals surface area contributed by atoms with Crippen molar-refractivity contribution in [2.75, 3.05) is 35.2 Å². The van der Waals surface area contributed by atoms with Crippen LogP contribution in [0.2, 0.25) is 0 Å². The van der Waals surface area contributed by atoms with E-state index < -0.39 is 11.9 Å². The van der Waals surface area contributed by atoms with Crippen molar-refractivity contribution < 1.29 is 14.3 Å². The van der Waals surface area contributed by atoms with Gasteiger partial charge in [0.2, 0.25) is 0 Å². The summed E-state index contributed by atoms with van der Waals surface area (Å²) in [6.07, 6.45) is 1.39. The standard InChI is InChI=1S/C24H28N4O3/c1-5-28(6-2)21-12-13-22(17(4)14-21)26-16-19(15-25)23(29)27-20-10-8-18(9-11-20)24(30)31-7-3/h8-14,16,26H,5-7H2,1-4H3,(H,27,29)/b19-16-. The predicted octanol–water partition coefficient (Wildman–Crippen LogP) is 4.48. The van der Waals surface area contributed by atoms with Crippen molar-refractivity contribution in [3.05, 3.63) is 65.4 Å². The third-order valence-corrected chi connectivity index (χ3v) is 4.73. The molecular weight excluding hydrogens is 392 g/mol. The van der Waals surface area contributed by atoms with Crippen LogP contribution in [0.15, 0.2) is 54.2 Å². The van der Waals surface area contributed by atoms with E-state index in [1.807, 2.05) is 25.1 Å². The van der Waals surface area contributed by atoms with Gasteiger partial charge < -0.3 is 20.3 Å². The number of nitriles is 1. The molecule has 0 spiro atoms. The van der Waals surface area contributed by atoms with Crippen molar-refractivity contribution >= 4 is 28.9 Å². The molecule has 0 radical (unpaired) electrons. The summed E-state index contributed by atoms with van der Waals surface area (Å²) in [5.41, 5.74) is 3.74. The number of esters is 1. The Morgan fingerprint density at radius 2 is 1.77 bits per heavy atom. The molecule has 0 fully saturated rings. The molecule has 7 heteroatoms. The second-order valence-corrected chi connectivity index (χ2v) is 6.74. The third-order valence-electron chi connectivity index (χ3n) is 4.73. The van der Waals surface area contributed by atoms with Gasteiger partial charge in [-0.25, -0.2) is 4.79 Å². The van der Waals surface area contributed by atoms with Crippen LogP contribution >= 0.6 is 0 Å². The fourth-order valence-electron chi connectivity index (χ4n) is 3.00. The molecule has 0 heterocycles. The summed E-state index contributed by atoms with van der Waals surface area (Å²) in [5, 5.41) is 15.1. The summed E-state index contributed by atoms with van der Waals surface area (Å²) in [4.78, 5) is 26.4. The van der Waals surface area contributed by atoms with Gasteiger partial charge in [-0.1, -0.05) is 0 Å². The Labute approximate surface area is 183 Å². The number of anilines is 3. The van der Waals surface area contributed by atoms with E-state index in [1.54, 1.807) is 31.2 Å².